The van der Waals surface area contributed by atoms with E-state index in [1.807, 2.05) is 0 Å². The molecule has 0 bridgehead atoms. The number of ether oxygens (including phenoxy) is 3. The molecule has 0 aliphatic carbocycles. The minimum absolute atomic E-state index is 0.0810. The van der Waals surface area contributed by atoms with E-state index in [4.69, 9.17) is 19.3 Å². The van der Waals surface area contributed by atoms with Crippen LogP contribution >= 0.6 is 0 Å². The number of rotatable bonds is 10. The highest BCUT2D eigenvalue weighted by molar-refractivity contribution is 7.89. The summed E-state index contributed by atoms with van der Waals surface area (Å²) in [4.78, 5) is 24.2. The highest BCUT2D eigenvalue weighted by Gasteiger charge is 2.15. The molecule has 0 atom stereocenters. The first kappa shape index (κ1) is 24.2. The zero-order chi connectivity index (χ0) is 23.0. The van der Waals surface area contributed by atoms with E-state index in [-0.39, 0.29) is 10.5 Å². The van der Waals surface area contributed by atoms with Gasteiger partial charge in [-0.15, -0.1) is 0 Å². The van der Waals surface area contributed by atoms with Gasteiger partial charge in [0.1, 0.15) is 0 Å². The lowest BCUT2D eigenvalue weighted by Gasteiger charge is -2.13. The fourth-order valence-corrected chi connectivity index (χ4v) is 2.97. The first-order valence-corrected chi connectivity index (χ1v) is 11.1. The quantitative estimate of drug-likeness (QED) is 0.531. The van der Waals surface area contributed by atoms with Crippen LogP contribution in [0.1, 0.15) is 30.6 Å². The van der Waals surface area contributed by atoms with Crippen molar-refractivity contribution in [3.63, 3.8) is 0 Å². The van der Waals surface area contributed by atoms with Crippen LogP contribution in [0.5, 0.6) is 11.5 Å². The summed E-state index contributed by atoms with van der Waals surface area (Å²) in [5, 5.41) is 7.52. The predicted molar refractivity (Wildman–Crippen MR) is 115 cm³/mol. The van der Waals surface area contributed by atoms with Gasteiger partial charge in [0, 0.05) is 5.69 Å². The van der Waals surface area contributed by atoms with Gasteiger partial charge in [-0.2, -0.15) is 0 Å². The van der Waals surface area contributed by atoms with Crippen molar-refractivity contribution in [1.29, 1.82) is 0 Å². The van der Waals surface area contributed by atoms with Crippen molar-refractivity contribution in [2.75, 3.05) is 25.6 Å². The number of anilines is 1. The van der Waals surface area contributed by atoms with Gasteiger partial charge in [-0.25, -0.2) is 18.4 Å². The number of amides is 1. The van der Waals surface area contributed by atoms with E-state index in [1.54, 1.807) is 6.07 Å². The van der Waals surface area contributed by atoms with E-state index in [9.17, 15) is 18.0 Å². The fourth-order valence-electron chi connectivity index (χ4n) is 2.46. The van der Waals surface area contributed by atoms with Gasteiger partial charge in [0.25, 0.3) is 5.91 Å². The van der Waals surface area contributed by atoms with Crippen molar-refractivity contribution in [2.24, 2.45) is 11.1 Å². The monoisotopic (exact) mass is 450 g/mol. The lowest BCUT2D eigenvalue weighted by Crippen LogP contribution is -2.21. The molecule has 3 N–H and O–H groups in total. The zero-order valence-corrected chi connectivity index (χ0v) is 18.4. The van der Waals surface area contributed by atoms with Crippen molar-refractivity contribution < 1.29 is 32.2 Å². The molecule has 2 rings (SSSR count). The summed E-state index contributed by atoms with van der Waals surface area (Å²) in [5.74, 6) is 0.111. The van der Waals surface area contributed by atoms with Gasteiger partial charge in [0.15, 0.2) is 18.1 Å². The zero-order valence-electron chi connectivity index (χ0n) is 17.6. The number of hydrogen-bond donors (Lipinski definition) is 2. The van der Waals surface area contributed by atoms with Crippen molar-refractivity contribution in [3.05, 3.63) is 48.0 Å². The van der Waals surface area contributed by atoms with Crippen molar-refractivity contribution in [3.8, 4) is 11.5 Å². The van der Waals surface area contributed by atoms with Gasteiger partial charge in [-0.05, 0) is 54.8 Å². The Kier molecular flexibility index (Phi) is 8.40. The Hall–Kier alpha value is -3.11. The summed E-state index contributed by atoms with van der Waals surface area (Å²) in [6.45, 7) is 4.19. The second kappa shape index (κ2) is 10.8. The van der Waals surface area contributed by atoms with Crippen LogP contribution in [0, 0.1) is 5.92 Å². The third kappa shape index (κ3) is 7.58. The van der Waals surface area contributed by atoms with Crippen LogP contribution < -0.4 is 19.9 Å². The Morgan fingerprint density at radius 1 is 1.06 bits per heavy atom. The molecule has 31 heavy (non-hydrogen) atoms. The molecule has 0 saturated carbocycles. The molecule has 1 amide bonds. The van der Waals surface area contributed by atoms with Crippen molar-refractivity contribution in [2.45, 2.75) is 25.2 Å². The molecule has 0 unspecified atom stereocenters. The average molecular weight is 451 g/mol. The molecule has 2 aromatic rings. The molecule has 0 saturated heterocycles. The molecular weight excluding hydrogens is 424 g/mol. The highest BCUT2D eigenvalue weighted by atomic mass is 32.2. The normalized spacial score (nSPS) is 11.1. The van der Waals surface area contributed by atoms with E-state index in [0.717, 1.165) is 6.42 Å². The SMILES string of the molecule is COc1cc(C(=O)OCC(=O)Nc2ccc(S(N)(=O)=O)cc2)ccc1OCCC(C)C. The third-order valence-corrected chi connectivity index (χ3v) is 5.08. The topological polar surface area (TPSA) is 134 Å². The second-order valence-electron chi connectivity index (χ2n) is 7.09. The molecule has 168 valence electrons. The molecule has 0 heterocycles. The number of sulfonamides is 1. The number of carbonyl (C=O) groups is 2. The Labute approximate surface area is 181 Å². The van der Waals surface area contributed by atoms with Crippen LogP contribution in [0.25, 0.3) is 0 Å². The number of nitrogens with one attached hydrogen (secondary N) is 1. The fraction of sp³-hybridized carbons (Fsp3) is 0.333. The number of carbonyl (C=O) groups excluding carboxylic acids is 2. The van der Waals surface area contributed by atoms with E-state index < -0.39 is 28.5 Å². The van der Waals surface area contributed by atoms with Crippen molar-refractivity contribution >= 4 is 27.6 Å². The molecule has 0 aliphatic rings. The van der Waals surface area contributed by atoms with Crippen LogP contribution in [0.3, 0.4) is 0 Å². The van der Waals surface area contributed by atoms with Crippen LogP contribution in [0.4, 0.5) is 5.69 Å². The molecule has 0 aromatic heterocycles. The number of methoxy groups -OCH3 is 1. The van der Waals surface area contributed by atoms with Crippen LogP contribution in [0.2, 0.25) is 0 Å². The second-order valence-corrected chi connectivity index (χ2v) is 8.65. The number of hydrogen-bond acceptors (Lipinski definition) is 7. The van der Waals surface area contributed by atoms with E-state index in [0.29, 0.717) is 29.7 Å². The van der Waals surface area contributed by atoms with Gasteiger partial charge in [0.05, 0.1) is 24.2 Å². The molecule has 0 aliphatic heterocycles. The van der Waals surface area contributed by atoms with Gasteiger partial charge in [-0.1, -0.05) is 13.8 Å². The maximum atomic E-state index is 12.3. The minimum atomic E-state index is -3.82. The molecule has 0 spiro atoms. The molecule has 0 radical (unpaired) electrons. The summed E-state index contributed by atoms with van der Waals surface area (Å²) in [6.07, 6.45) is 0.882. The molecule has 9 nitrogen and oxygen atoms in total. The van der Waals surface area contributed by atoms with Gasteiger partial charge in [-0.3, -0.25) is 4.79 Å². The largest absolute Gasteiger partial charge is 0.493 e. The van der Waals surface area contributed by atoms with E-state index in [2.05, 4.69) is 19.2 Å². The Morgan fingerprint density at radius 2 is 1.74 bits per heavy atom. The minimum Gasteiger partial charge on any atom is -0.493 e. The third-order valence-electron chi connectivity index (χ3n) is 4.15. The first-order chi connectivity index (χ1) is 14.6. The first-order valence-electron chi connectivity index (χ1n) is 9.51. The molecule has 10 heteroatoms. The number of nitrogens with two attached hydrogens (primary N) is 1. The van der Waals surface area contributed by atoms with Crippen LogP contribution in [-0.4, -0.2) is 40.6 Å². The van der Waals surface area contributed by atoms with Crippen LogP contribution in [0.15, 0.2) is 47.4 Å². The van der Waals surface area contributed by atoms with Crippen LogP contribution in [-0.2, 0) is 19.6 Å². The standard InChI is InChI=1S/C21H26N2O7S/c1-14(2)10-11-29-18-9-4-15(12-19(18)28-3)21(25)30-13-20(24)23-16-5-7-17(8-6-16)31(22,26)27/h4-9,12,14H,10-11,13H2,1-3H3,(H,23,24)(H2,22,26,27). The number of primary sulfonamides is 1. The van der Waals surface area contributed by atoms with E-state index in [1.165, 1.54) is 43.5 Å². The summed E-state index contributed by atoms with van der Waals surface area (Å²) < 4.78 is 38.5. The van der Waals surface area contributed by atoms with Gasteiger partial charge in [0.2, 0.25) is 10.0 Å². The molecule has 2 aromatic carbocycles. The predicted octanol–water partition coefficient (Wildman–Crippen LogP) is 2.56. The summed E-state index contributed by atoms with van der Waals surface area (Å²) in [7, 11) is -2.35. The smallest absolute Gasteiger partial charge is 0.338 e. The Morgan fingerprint density at radius 3 is 2.32 bits per heavy atom. The highest BCUT2D eigenvalue weighted by Crippen LogP contribution is 2.28. The lowest BCUT2D eigenvalue weighted by atomic mass is 10.1. The van der Waals surface area contributed by atoms with Crippen molar-refractivity contribution in [1.82, 2.24) is 0 Å². The maximum Gasteiger partial charge on any atom is 0.338 e. The Balaban J connectivity index is 1.91. The number of benzene rings is 2. The van der Waals surface area contributed by atoms with Gasteiger partial charge < -0.3 is 19.5 Å². The molecule has 0 fully saturated rings. The summed E-state index contributed by atoms with van der Waals surface area (Å²) in [5.41, 5.74) is 0.538. The molecular formula is C21H26N2O7S. The Bertz CT molecular complexity index is 1020. The summed E-state index contributed by atoms with van der Waals surface area (Å²) >= 11 is 0. The number of esters is 1. The average Bonchev–Trinajstić information content (AvgIpc) is 2.71. The maximum absolute atomic E-state index is 12.3. The van der Waals surface area contributed by atoms with Gasteiger partial charge >= 0.3 is 5.97 Å². The lowest BCUT2D eigenvalue weighted by molar-refractivity contribution is -0.119. The van der Waals surface area contributed by atoms with E-state index >= 15 is 0 Å². The summed E-state index contributed by atoms with van der Waals surface area (Å²) in [6, 6.07) is 9.89.